The molecule has 1 amide bonds. The molecule has 2 rings (SSSR count). The largest absolute Gasteiger partial charge is 0.356 e. The van der Waals surface area contributed by atoms with Crippen molar-refractivity contribution in [3.8, 4) is 0 Å². The first-order chi connectivity index (χ1) is 7.25. The molecule has 1 unspecified atom stereocenters. The van der Waals surface area contributed by atoms with E-state index < -0.39 is 0 Å². The normalized spacial score (nSPS) is 21.1. The molecule has 0 saturated carbocycles. The summed E-state index contributed by atoms with van der Waals surface area (Å²) in [6, 6.07) is 0. The van der Waals surface area contributed by atoms with Crippen molar-refractivity contribution < 1.29 is 4.79 Å². The number of aromatic nitrogens is 2. The zero-order valence-electron chi connectivity index (χ0n) is 8.24. The lowest BCUT2D eigenvalue weighted by Gasteiger charge is -2.21. The summed E-state index contributed by atoms with van der Waals surface area (Å²) in [5, 5.41) is 3.23. The molecule has 1 aromatic heterocycles. The van der Waals surface area contributed by atoms with Crippen molar-refractivity contribution in [1.29, 1.82) is 0 Å². The van der Waals surface area contributed by atoms with E-state index in [1.54, 1.807) is 6.20 Å². The molecule has 0 radical (unpaired) electrons. The van der Waals surface area contributed by atoms with E-state index in [0.717, 1.165) is 25.1 Å². The molecule has 5 heteroatoms. The molecule has 1 fully saturated rings. The molecule has 15 heavy (non-hydrogen) atoms. The minimum Gasteiger partial charge on any atom is -0.356 e. The Labute approximate surface area is 93.1 Å². The maximum Gasteiger partial charge on any atom is 0.223 e. The highest BCUT2D eigenvalue weighted by molar-refractivity contribution is 6.29. The van der Waals surface area contributed by atoms with E-state index in [9.17, 15) is 4.79 Å². The van der Waals surface area contributed by atoms with Crippen molar-refractivity contribution >= 4 is 17.5 Å². The molecule has 1 aromatic rings. The molecule has 1 saturated heterocycles. The van der Waals surface area contributed by atoms with Crippen LogP contribution in [0.4, 0.5) is 0 Å². The Morgan fingerprint density at radius 1 is 1.47 bits per heavy atom. The van der Waals surface area contributed by atoms with Crippen molar-refractivity contribution in [2.45, 2.75) is 19.3 Å². The Hall–Kier alpha value is -1.16. The van der Waals surface area contributed by atoms with Crippen LogP contribution < -0.4 is 5.32 Å². The molecule has 0 bridgehead atoms. The molecule has 4 nitrogen and oxygen atoms in total. The fourth-order valence-electron chi connectivity index (χ4n) is 1.73. The first-order valence-electron chi connectivity index (χ1n) is 5.00. The van der Waals surface area contributed by atoms with Gasteiger partial charge in [-0.3, -0.25) is 9.78 Å². The quantitative estimate of drug-likeness (QED) is 0.823. The first kappa shape index (κ1) is 10.4. The predicted octanol–water partition coefficient (Wildman–Crippen LogP) is 1.20. The Balaban J connectivity index is 2.01. The van der Waals surface area contributed by atoms with Crippen LogP contribution in [-0.2, 0) is 11.2 Å². The fourth-order valence-corrected chi connectivity index (χ4v) is 1.82. The number of hydrogen-bond acceptors (Lipinski definition) is 3. The van der Waals surface area contributed by atoms with Gasteiger partial charge in [-0.1, -0.05) is 11.6 Å². The van der Waals surface area contributed by atoms with Crippen molar-refractivity contribution in [2.75, 3.05) is 6.54 Å². The van der Waals surface area contributed by atoms with Crippen molar-refractivity contribution in [1.82, 2.24) is 15.3 Å². The minimum absolute atomic E-state index is 0.0363. The Morgan fingerprint density at radius 2 is 2.33 bits per heavy atom. The molecule has 2 heterocycles. The van der Waals surface area contributed by atoms with Crippen LogP contribution >= 0.6 is 11.6 Å². The number of nitrogens with zero attached hydrogens (tertiary/aromatic N) is 2. The average molecular weight is 226 g/mol. The van der Waals surface area contributed by atoms with E-state index in [4.69, 9.17) is 11.6 Å². The fraction of sp³-hybridized carbons (Fsp3) is 0.500. The van der Waals surface area contributed by atoms with Crippen molar-refractivity contribution in [3.05, 3.63) is 23.2 Å². The molecular formula is C10H12ClN3O. The van der Waals surface area contributed by atoms with Gasteiger partial charge >= 0.3 is 0 Å². The second-order valence-corrected chi connectivity index (χ2v) is 4.05. The third-order valence-corrected chi connectivity index (χ3v) is 2.72. The molecule has 80 valence electrons. The van der Waals surface area contributed by atoms with Gasteiger partial charge in [-0.25, -0.2) is 4.98 Å². The Morgan fingerprint density at radius 3 is 3.00 bits per heavy atom. The van der Waals surface area contributed by atoms with Crippen LogP contribution in [0.5, 0.6) is 0 Å². The second kappa shape index (κ2) is 4.57. The second-order valence-electron chi connectivity index (χ2n) is 3.66. The van der Waals surface area contributed by atoms with Gasteiger partial charge in [0, 0.05) is 18.9 Å². The smallest absolute Gasteiger partial charge is 0.223 e. The standard InChI is InChI=1S/C10H12ClN3O/c11-9-6-13-8(5-14-9)4-7-2-1-3-12-10(7)15/h5-7H,1-4H2,(H,12,15). The number of rotatable bonds is 2. The van der Waals surface area contributed by atoms with E-state index in [2.05, 4.69) is 15.3 Å². The Bertz CT molecular complexity index is 352. The van der Waals surface area contributed by atoms with Gasteiger partial charge in [-0.15, -0.1) is 0 Å². The molecule has 1 aliphatic rings. The van der Waals surface area contributed by atoms with Gasteiger partial charge in [0.25, 0.3) is 0 Å². The third kappa shape index (κ3) is 2.65. The summed E-state index contributed by atoms with van der Waals surface area (Å²) in [7, 11) is 0. The number of piperidine rings is 1. The lowest BCUT2D eigenvalue weighted by Crippen LogP contribution is -2.37. The topological polar surface area (TPSA) is 54.9 Å². The molecule has 0 aromatic carbocycles. The van der Waals surface area contributed by atoms with Gasteiger partial charge in [0.1, 0.15) is 5.15 Å². The maximum atomic E-state index is 11.5. The molecule has 1 atom stereocenters. The number of nitrogens with one attached hydrogen (secondary N) is 1. The van der Waals surface area contributed by atoms with E-state index >= 15 is 0 Å². The molecule has 0 aliphatic carbocycles. The minimum atomic E-state index is 0.0363. The summed E-state index contributed by atoms with van der Waals surface area (Å²) < 4.78 is 0. The van der Waals surface area contributed by atoms with Crippen LogP contribution in [0.3, 0.4) is 0 Å². The number of hydrogen-bond donors (Lipinski definition) is 1. The Kier molecular flexibility index (Phi) is 3.16. The SMILES string of the molecule is O=C1NCCCC1Cc1cnc(Cl)cn1. The van der Waals surface area contributed by atoms with Crippen LogP contribution in [0.1, 0.15) is 18.5 Å². The molecule has 1 aliphatic heterocycles. The summed E-state index contributed by atoms with van der Waals surface area (Å²) in [4.78, 5) is 19.6. The molecule has 0 spiro atoms. The van der Waals surface area contributed by atoms with Gasteiger partial charge in [-0.2, -0.15) is 0 Å². The van der Waals surface area contributed by atoms with Crippen LogP contribution in [0.25, 0.3) is 0 Å². The van der Waals surface area contributed by atoms with E-state index in [0.29, 0.717) is 11.6 Å². The summed E-state index contributed by atoms with van der Waals surface area (Å²) in [5.41, 5.74) is 0.821. The highest BCUT2D eigenvalue weighted by Gasteiger charge is 2.22. The summed E-state index contributed by atoms with van der Waals surface area (Å²) in [6.45, 7) is 0.793. The third-order valence-electron chi connectivity index (χ3n) is 2.53. The van der Waals surface area contributed by atoms with Gasteiger partial charge in [0.05, 0.1) is 18.1 Å². The molecular weight excluding hydrogens is 214 g/mol. The van der Waals surface area contributed by atoms with Crippen LogP contribution in [0, 0.1) is 5.92 Å². The zero-order valence-corrected chi connectivity index (χ0v) is 9.00. The maximum absolute atomic E-state index is 11.5. The number of carbonyl (C=O) groups excluding carboxylic acids is 1. The summed E-state index contributed by atoms with van der Waals surface area (Å²) in [6.07, 6.45) is 5.76. The number of amides is 1. The van der Waals surface area contributed by atoms with E-state index in [1.165, 1.54) is 6.20 Å². The van der Waals surface area contributed by atoms with Crippen LogP contribution in [0.2, 0.25) is 5.15 Å². The van der Waals surface area contributed by atoms with E-state index in [-0.39, 0.29) is 11.8 Å². The van der Waals surface area contributed by atoms with Crippen LogP contribution in [-0.4, -0.2) is 22.4 Å². The molecule has 1 N–H and O–H groups in total. The predicted molar refractivity (Wildman–Crippen MR) is 56.5 cm³/mol. The van der Waals surface area contributed by atoms with Gasteiger partial charge < -0.3 is 5.32 Å². The lowest BCUT2D eigenvalue weighted by molar-refractivity contribution is -0.126. The first-order valence-corrected chi connectivity index (χ1v) is 5.37. The van der Waals surface area contributed by atoms with Crippen molar-refractivity contribution in [2.24, 2.45) is 5.92 Å². The summed E-state index contributed by atoms with van der Waals surface area (Å²) in [5.74, 6) is 0.159. The number of halogens is 1. The van der Waals surface area contributed by atoms with Gasteiger partial charge in [0.2, 0.25) is 5.91 Å². The highest BCUT2D eigenvalue weighted by Crippen LogP contribution is 2.16. The van der Waals surface area contributed by atoms with Crippen molar-refractivity contribution in [3.63, 3.8) is 0 Å². The highest BCUT2D eigenvalue weighted by atomic mass is 35.5. The average Bonchev–Trinajstić information content (AvgIpc) is 2.25. The zero-order chi connectivity index (χ0) is 10.7. The number of carbonyl (C=O) groups is 1. The van der Waals surface area contributed by atoms with Gasteiger partial charge in [0.15, 0.2) is 0 Å². The summed E-state index contributed by atoms with van der Waals surface area (Å²) >= 11 is 5.63. The van der Waals surface area contributed by atoms with E-state index in [1.807, 2.05) is 0 Å². The van der Waals surface area contributed by atoms with Crippen LogP contribution in [0.15, 0.2) is 12.4 Å². The monoisotopic (exact) mass is 225 g/mol. The van der Waals surface area contributed by atoms with Gasteiger partial charge in [-0.05, 0) is 12.8 Å². The lowest BCUT2D eigenvalue weighted by atomic mass is 9.94.